The van der Waals surface area contributed by atoms with E-state index in [1.807, 2.05) is 45.1 Å². The number of Topliss-reactive ketones (excluding diaryl/α,β-unsaturated/α-hetero) is 1. The summed E-state index contributed by atoms with van der Waals surface area (Å²) in [4.78, 5) is 49.0. The van der Waals surface area contributed by atoms with Crippen molar-refractivity contribution in [1.29, 1.82) is 0 Å². The van der Waals surface area contributed by atoms with E-state index in [1.165, 1.54) is 7.11 Å². The van der Waals surface area contributed by atoms with E-state index in [1.54, 1.807) is 0 Å². The minimum absolute atomic E-state index is 0.0985. The van der Waals surface area contributed by atoms with Gasteiger partial charge in [-0.2, -0.15) is 0 Å². The maximum Gasteiger partial charge on any atom is 0.319 e. The molecule has 5 N–H and O–H groups in total. The van der Waals surface area contributed by atoms with Crippen LogP contribution < -0.4 is 16.0 Å². The third-order valence-electron chi connectivity index (χ3n) is 9.06. The predicted molar refractivity (Wildman–Crippen MR) is 160 cm³/mol. The number of aromatic nitrogens is 3. The van der Waals surface area contributed by atoms with E-state index in [-0.39, 0.29) is 24.2 Å². The molecular weight excluding hydrogens is 532 g/mol. The van der Waals surface area contributed by atoms with E-state index in [0.29, 0.717) is 34.5 Å². The summed E-state index contributed by atoms with van der Waals surface area (Å²) in [7, 11) is 1.35. The molecule has 0 unspecified atom stereocenters. The molecule has 5 heterocycles. The molecule has 3 aromatic rings. The Morgan fingerprint density at radius 2 is 1.79 bits per heavy atom. The van der Waals surface area contributed by atoms with Gasteiger partial charge in [-0.1, -0.05) is 19.6 Å². The number of carboxylic acids is 1. The highest BCUT2D eigenvalue weighted by molar-refractivity contribution is 6.24. The van der Waals surface area contributed by atoms with Crippen LogP contribution in [0.1, 0.15) is 75.2 Å². The van der Waals surface area contributed by atoms with Gasteiger partial charge in [-0.15, -0.1) is 0 Å². The molecule has 9 heteroatoms. The Hall–Kier alpha value is -4.79. The number of carboxylic acid groups (broad SMARTS) is 1. The number of hydrogen-bond donors (Lipinski definition) is 5. The molecule has 3 atom stereocenters. The first-order valence-corrected chi connectivity index (χ1v) is 14.1. The topological polar surface area (TPSA) is 140 Å². The number of ether oxygens (including phenoxy) is 1. The van der Waals surface area contributed by atoms with Crippen LogP contribution in [-0.4, -0.2) is 44.9 Å². The Labute approximate surface area is 242 Å². The Bertz CT molecular complexity index is 1890. The first kappa shape index (κ1) is 27.4. The summed E-state index contributed by atoms with van der Waals surface area (Å²) < 4.78 is 4.92. The second-order valence-electron chi connectivity index (χ2n) is 11.4. The van der Waals surface area contributed by atoms with Gasteiger partial charge in [0, 0.05) is 74.1 Å². The molecule has 0 aromatic carbocycles. The van der Waals surface area contributed by atoms with Crippen molar-refractivity contribution in [2.45, 2.75) is 40.5 Å². The van der Waals surface area contributed by atoms with Gasteiger partial charge in [0.25, 0.3) is 0 Å². The quantitative estimate of drug-likeness (QED) is 0.236. The molecule has 216 valence electrons. The smallest absolute Gasteiger partial charge is 0.319 e. The number of aliphatic carboxylic acids is 1. The van der Waals surface area contributed by atoms with Crippen LogP contribution in [0.5, 0.6) is 0 Å². The van der Waals surface area contributed by atoms with Gasteiger partial charge in [0.1, 0.15) is 5.92 Å². The average Bonchev–Trinajstić information content (AvgIpc) is 3.69. The predicted octanol–water partition coefficient (Wildman–Crippen LogP) is 3.67. The molecule has 3 aromatic heterocycles. The first-order valence-electron chi connectivity index (χ1n) is 14.1. The lowest BCUT2D eigenvalue weighted by atomic mass is 9.85. The minimum atomic E-state index is -1.35. The maximum atomic E-state index is 13.7. The number of esters is 1. The molecule has 8 bridgehead atoms. The van der Waals surface area contributed by atoms with Crippen LogP contribution in [0.15, 0.2) is 24.0 Å². The Balaban J connectivity index is 1.69. The second kappa shape index (κ2) is 9.94. The van der Waals surface area contributed by atoms with Crippen molar-refractivity contribution in [3.8, 4) is 0 Å². The fraction of sp³-hybridized carbons (Fsp3) is 0.303. The largest absolute Gasteiger partial charge is 0.480 e. The highest BCUT2D eigenvalue weighted by atomic mass is 16.5. The second-order valence-corrected chi connectivity index (χ2v) is 11.4. The highest BCUT2D eigenvalue weighted by Crippen LogP contribution is 2.48. The fourth-order valence-electron chi connectivity index (χ4n) is 6.70. The molecule has 3 aliphatic rings. The molecule has 0 spiro atoms. The molecule has 0 radical (unpaired) electrons. The van der Waals surface area contributed by atoms with E-state index >= 15 is 0 Å². The van der Waals surface area contributed by atoms with Crippen LogP contribution in [0.4, 0.5) is 0 Å². The molecule has 1 saturated heterocycles. The zero-order chi connectivity index (χ0) is 30.0. The lowest BCUT2D eigenvalue weighted by molar-refractivity contribution is -0.141. The standard InChI is InChI=1S/C33H34N4O5/c1-7-19-15(3)23-13-24-16(4)20(8-9-26(38)42-6)30(36-24)28-29(33(40)41)32(39)27-17(5)22(37-31(27)28)11-18-10-14(2)21(34-18)12-25(19)35-23/h7,10-13,16,20,29,34-37H,1,8-9H2,2-6H3,(H,40,41)/b18-11-,21-12-,24-13-,30-28-/t16-,20-,29+/m0/s1. The number of carbonyl (C=O) groups excluding carboxylic acids is 2. The summed E-state index contributed by atoms with van der Waals surface area (Å²) in [6.45, 7) is 12.0. The third-order valence-corrected chi connectivity index (χ3v) is 9.06. The first-order chi connectivity index (χ1) is 20.0. The van der Waals surface area contributed by atoms with Crippen LogP contribution in [0.3, 0.4) is 0 Å². The molecule has 6 rings (SSSR count). The van der Waals surface area contributed by atoms with Gasteiger partial charge in [0.15, 0.2) is 5.78 Å². The number of fused-ring (bicyclic) bond motifs is 7. The summed E-state index contributed by atoms with van der Waals surface area (Å²) in [5, 5.41) is 15.6. The van der Waals surface area contributed by atoms with Gasteiger partial charge in [-0.3, -0.25) is 14.4 Å². The van der Waals surface area contributed by atoms with Gasteiger partial charge < -0.3 is 30.1 Å². The average molecular weight is 567 g/mol. The number of hydrogen-bond acceptors (Lipinski definition) is 5. The van der Waals surface area contributed by atoms with Gasteiger partial charge >= 0.3 is 11.9 Å². The molecular formula is C33H34N4O5. The summed E-state index contributed by atoms with van der Waals surface area (Å²) in [5.74, 6) is -3.68. The fourth-order valence-corrected chi connectivity index (χ4v) is 6.70. The molecule has 0 amide bonds. The van der Waals surface area contributed by atoms with E-state index < -0.39 is 17.7 Å². The van der Waals surface area contributed by atoms with Crippen molar-refractivity contribution in [3.05, 3.63) is 85.3 Å². The Kier molecular flexibility index (Phi) is 6.48. The molecule has 1 fully saturated rings. The number of methoxy groups -OCH3 is 1. The molecule has 2 aliphatic heterocycles. The lowest BCUT2D eigenvalue weighted by Gasteiger charge is -2.19. The molecule has 1 aliphatic carbocycles. The van der Waals surface area contributed by atoms with E-state index in [4.69, 9.17) is 4.74 Å². The number of allylic oxidation sites excluding steroid dienone is 2. The Morgan fingerprint density at radius 3 is 2.48 bits per heavy atom. The number of ketones is 1. The van der Waals surface area contributed by atoms with Crippen molar-refractivity contribution >= 4 is 47.6 Å². The Morgan fingerprint density at radius 1 is 1.05 bits per heavy atom. The maximum absolute atomic E-state index is 13.7. The molecule has 9 nitrogen and oxygen atoms in total. The van der Waals surface area contributed by atoms with E-state index in [0.717, 1.165) is 50.2 Å². The number of aryl methyl sites for hydroxylation is 1. The van der Waals surface area contributed by atoms with Crippen LogP contribution in [0.25, 0.3) is 29.9 Å². The van der Waals surface area contributed by atoms with Gasteiger partial charge in [-0.25, -0.2) is 0 Å². The summed E-state index contributed by atoms with van der Waals surface area (Å²) >= 11 is 0. The number of H-pyrrole nitrogens is 3. The van der Waals surface area contributed by atoms with Crippen molar-refractivity contribution < 1.29 is 24.2 Å². The van der Waals surface area contributed by atoms with Crippen LogP contribution in [0, 0.1) is 38.5 Å². The lowest BCUT2D eigenvalue weighted by Crippen LogP contribution is -2.24. The SMILES string of the molecule is C=Cc1c2[nH]c(c1C)/C=C1\N/C(=C3\c4[nH]c(c(C)c4C(=O)[C@@H]3C(=O)O)/C=c3/cc(C)/c([nH]3)=C/2)[C@@H](CCC(=O)OC)[C@@H]1C. The van der Waals surface area contributed by atoms with Gasteiger partial charge in [0.2, 0.25) is 0 Å². The van der Waals surface area contributed by atoms with Crippen LogP contribution in [0.2, 0.25) is 0 Å². The third kappa shape index (κ3) is 4.10. The number of carbonyl (C=O) groups is 3. The van der Waals surface area contributed by atoms with Crippen molar-refractivity contribution in [1.82, 2.24) is 20.3 Å². The van der Waals surface area contributed by atoms with Crippen molar-refractivity contribution in [3.63, 3.8) is 0 Å². The summed E-state index contributed by atoms with van der Waals surface area (Å²) in [6.07, 6.45) is 8.48. The summed E-state index contributed by atoms with van der Waals surface area (Å²) in [5.41, 5.74) is 9.15. The van der Waals surface area contributed by atoms with Gasteiger partial charge in [-0.05, 0) is 68.2 Å². The number of nitrogens with one attached hydrogen (secondary N) is 4. The van der Waals surface area contributed by atoms with Crippen molar-refractivity contribution in [2.24, 2.45) is 17.8 Å². The normalized spacial score (nSPS) is 25.1. The minimum Gasteiger partial charge on any atom is -0.480 e. The number of rotatable bonds is 5. The van der Waals surface area contributed by atoms with Crippen LogP contribution >= 0.6 is 0 Å². The zero-order valence-corrected chi connectivity index (χ0v) is 24.3. The zero-order valence-electron chi connectivity index (χ0n) is 24.3. The van der Waals surface area contributed by atoms with Crippen molar-refractivity contribution in [2.75, 3.05) is 7.11 Å². The molecule has 42 heavy (non-hydrogen) atoms. The summed E-state index contributed by atoms with van der Waals surface area (Å²) in [6, 6.07) is 2.04. The van der Waals surface area contributed by atoms with E-state index in [2.05, 4.69) is 39.8 Å². The highest BCUT2D eigenvalue weighted by Gasteiger charge is 2.48. The van der Waals surface area contributed by atoms with Crippen LogP contribution in [-0.2, 0) is 14.3 Å². The van der Waals surface area contributed by atoms with E-state index in [9.17, 15) is 19.5 Å². The number of aromatic amines is 3. The monoisotopic (exact) mass is 566 g/mol. The molecule has 0 saturated carbocycles. The van der Waals surface area contributed by atoms with Gasteiger partial charge in [0.05, 0.1) is 12.8 Å².